The van der Waals surface area contributed by atoms with Crippen molar-refractivity contribution in [1.82, 2.24) is 5.32 Å². The van der Waals surface area contributed by atoms with Gasteiger partial charge in [-0.3, -0.25) is 9.59 Å². The number of rotatable bonds is 6. The normalized spacial score (nSPS) is 10.6. The van der Waals surface area contributed by atoms with Gasteiger partial charge in [0.25, 0.3) is 11.8 Å². The third-order valence-corrected chi connectivity index (χ3v) is 4.25. The number of benzene rings is 2. The summed E-state index contributed by atoms with van der Waals surface area (Å²) in [4.78, 5) is 24.5. The van der Waals surface area contributed by atoms with Gasteiger partial charge in [0, 0.05) is 16.8 Å². The van der Waals surface area contributed by atoms with E-state index in [0.717, 1.165) is 0 Å². The molecule has 0 radical (unpaired) electrons. The highest BCUT2D eigenvalue weighted by atomic mass is 16.3. The van der Waals surface area contributed by atoms with Gasteiger partial charge in [-0.1, -0.05) is 26.0 Å². The third kappa shape index (κ3) is 4.85. The first-order valence-corrected chi connectivity index (χ1v) is 8.85. The Kier molecular flexibility index (Phi) is 5.71. The lowest BCUT2D eigenvalue weighted by Crippen LogP contribution is -2.22. The lowest BCUT2D eigenvalue weighted by molar-refractivity contribution is 0.0947. The van der Waals surface area contributed by atoms with Gasteiger partial charge < -0.3 is 15.1 Å². The molecule has 2 aromatic carbocycles. The Morgan fingerprint density at radius 3 is 2.11 bits per heavy atom. The molecule has 3 rings (SSSR count). The van der Waals surface area contributed by atoms with E-state index in [1.807, 2.05) is 24.3 Å². The number of hydrogen-bond donors (Lipinski definition) is 2. The van der Waals surface area contributed by atoms with E-state index in [1.165, 1.54) is 5.56 Å². The van der Waals surface area contributed by atoms with Gasteiger partial charge >= 0.3 is 0 Å². The predicted octanol–water partition coefficient (Wildman–Crippen LogP) is 4.59. The highest BCUT2D eigenvalue weighted by Crippen LogP contribution is 2.16. The number of anilines is 1. The summed E-state index contributed by atoms with van der Waals surface area (Å²) in [5, 5.41) is 5.62. The summed E-state index contributed by atoms with van der Waals surface area (Å²) in [6, 6.07) is 17.9. The molecule has 5 heteroatoms. The molecule has 0 saturated heterocycles. The fraction of sp³-hybridized carbons (Fsp3) is 0.182. The van der Waals surface area contributed by atoms with Crippen molar-refractivity contribution >= 4 is 17.5 Å². The number of hydrogen-bond acceptors (Lipinski definition) is 3. The predicted molar refractivity (Wildman–Crippen MR) is 105 cm³/mol. The molecule has 0 aliphatic heterocycles. The average molecular weight is 362 g/mol. The second-order valence-electron chi connectivity index (χ2n) is 6.57. The lowest BCUT2D eigenvalue weighted by Gasteiger charge is -2.09. The molecule has 27 heavy (non-hydrogen) atoms. The molecule has 0 aliphatic carbocycles. The summed E-state index contributed by atoms with van der Waals surface area (Å²) in [5.41, 5.74) is 2.94. The molecule has 0 bridgehead atoms. The van der Waals surface area contributed by atoms with Crippen molar-refractivity contribution in [2.45, 2.75) is 26.3 Å². The van der Waals surface area contributed by atoms with Gasteiger partial charge in [-0.05, 0) is 60.0 Å². The first kappa shape index (κ1) is 18.5. The first-order valence-electron chi connectivity index (χ1n) is 8.85. The van der Waals surface area contributed by atoms with Crippen LogP contribution in [-0.2, 0) is 6.54 Å². The topological polar surface area (TPSA) is 71.3 Å². The van der Waals surface area contributed by atoms with E-state index >= 15 is 0 Å². The number of amides is 2. The maximum absolute atomic E-state index is 12.3. The molecule has 2 amide bonds. The highest BCUT2D eigenvalue weighted by Gasteiger charge is 2.09. The zero-order valence-electron chi connectivity index (χ0n) is 15.4. The molecule has 5 nitrogen and oxygen atoms in total. The minimum Gasteiger partial charge on any atom is -0.467 e. The molecule has 0 atom stereocenters. The Morgan fingerprint density at radius 1 is 0.889 bits per heavy atom. The summed E-state index contributed by atoms with van der Waals surface area (Å²) in [6.45, 7) is 4.56. The molecule has 2 N–H and O–H groups in total. The van der Waals surface area contributed by atoms with E-state index in [2.05, 4.69) is 24.5 Å². The Hall–Kier alpha value is -3.34. The Morgan fingerprint density at radius 2 is 1.52 bits per heavy atom. The molecule has 0 fully saturated rings. The summed E-state index contributed by atoms with van der Waals surface area (Å²) in [5.74, 6) is 0.734. The fourth-order valence-electron chi connectivity index (χ4n) is 2.61. The molecule has 3 aromatic rings. The highest BCUT2D eigenvalue weighted by molar-refractivity contribution is 6.04. The van der Waals surface area contributed by atoms with Gasteiger partial charge in [0.05, 0.1) is 12.8 Å². The van der Waals surface area contributed by atoms with E-state index in [-0.39, 0.29) is 11.8 Å². The molecule has 138 valence electrons. The Bertz CT molecular complexity index is 896. The smallest absolute Gasteiger partial charge is 0.255 e. The van der Waals surface area contributed by atoms with Gasteiger partial charge in [-0.15, -0.1) is 0 Å². The molecule has 1 aromatic heterocycles. The van der Waals surface area contributed by atoms with Crippen LogP contribution in [0.3, 0.4) is 0 Å². The van der Waals surface area contributed by atoms with Gasteiger partial charge in [-0.2, -0.15) is 0 Å². The van der Waals surface area contributed by atoms with Crippen molar-refractivity contribution in [3.63, 3.8) is 0 Å². The quantitative estimate of drug-likeness (QED) is 0.674. The molecular weight excluding hydrogens is 340 g/mol. The van der Waals surface area contributed by atoms with Crippen LogP contribution in [0.25, 0.3) is 0 Å². The minimum atomic E-state index is -0.200. The van der Waals surface area contributed by atoms with Gasteiger partial charge in [0.1, 0.15) is 5.76 Å². The van der Waals surface area contributed by atoms with Crippen LogP contribution in [0.1, 0.15) is 51.8 Å². The largest absolute Gasteiger partial charge is 0.467 e. The fourth-order valence-corrected chi connectivity index (χ4v) is 2.61. The maximum Gasteiger partial charge on any atom is 0.255 e. The molecular formula is C22H22N2O3. The van der Waals surface area contributed by atoms with Crippen molar-refractivity contribution in [2.24, 2.45) is 0 Å². The van der Waals surface area contributed by atoms with Crippen LogP contribution in [0.15, 0.2) is 71.3 Å². The van der Waals surface area contributed by atoms with Crippen molar-refractivity contribution in [2.75, 3.05) is 5.32 Å². The standard InChI is InChI=1S/C22H22N2O3/c1-15(2)16-5-7-18(8-6-16)22(26)24-19-11-9-17(10-12-19)21(25)23-14-20-4-3-13-27-20/h3-13,15H,14H2,1-2H3,(H,23,25)(H,24,26). The number of furan rings is 1. The van der Waals surface area contributed by atoms with Crippen LogP contribution < -0.4 is 10.6 Å². The van der Waals surface area contributed by atoms with Crippen LogP contribution in [0, 0.1) is 0 Å². The molecule has 0 unspecified atom stereocenters. The van der Waals surface area contributed by atoms with Crippen molar-refractivity contribution in [1.29, 1.82) is 0 Å². The van der Waals surface area contributed by atoms with Crippen LogP contribution in [0.4, 0.5) is 5.69 Å². The maximum atomic E-state index is 12.3. The van der Waals surface area contributed by atoms with E-state index in [4.69, 9.17) is 4.42 Å². The van der Waals surface area contributed by atoms with Gasteiger partial charge in [-0.25, -0.2) is 0 Å². The van der Waals surface area contributed by atoms with Crippen LogP contribution in [0.5, 0.6) is 0 Å². The van der Waals surface area contributed by atoms with Gasteiger partial charge in [0.15, 0.2) is 0 Å². The average Bonchev–Trinajstić information content (AvgIpc) is 3.20. The Labute approximate surface area is 158 Å². The van der Waals surface area contributed by atoms with Crippen molar-refractivity contribution in [3.05, 3.63) is 89.4 Å². The zero-order valence-corrected chi connectivity index (χ0v) is 15.4. The molecule has 0 saturated carbocycles. The zero-order chi connectivity index (χ0) is 19.2. The number of nitrogens with one attached hydrogen (secondary N) is 2. The van der Waals surface area contributed by atoms with Gasteiger partial charge in [0.2, 0.25) is 0 Å². The molecule has 0 aliphatic rings. The Balaban J connectivity index is 1.58. The second-order valence-corrected chi connectivity index (χ2v) is 6.57. The number of carbonyl (C=O) groups excluding carboxylic acids is 2. The summed E-state index contributed by atoms with van der Waals surface area (Å²) < 4.78 is 5.18. The molecule has 0 spiro atoms. The van der Waals surface area contributed by atoms with Crippen LogP contribution >= 0.6 is 0 Å². The summed E-state index contributed by atoms with van der Waals surface area (Å²) >= 11 is 0. The van der Waals surface area contributed by atoms with Crippen molar-refractivity contribution in [3.8, 4) is 0 Å². The minimum absolute atomic E-state index is 0.180. The summed E-state index contributed by atoms with van der Waals surface area (Å²) in [6.07, 6.45) is 1.56. The summed E-state index contributed by atoms with van der Waals surface area (Å²) in [7, 11) is 0. The number of carbonyl (C=O) groups is 2. The monoisotopic (exact) mass is 362 g/mol. The van der Waals surface area contributed by atoms with E-state index in [1.54, 1.807) is 42.7 Å². The second kappa shape index (κ2) is 8.36. The van der Waals surface area contributed by atoms with E-state index in [9.17, 15) is 9.59 Å². The van der Waals surface area contributed by atoms with Crippen LogP contribution in [0.2, 0.25) is 0 Å². The lowest BCUT2D eigenvalue weighted by atomic mass is 10.0. The molecule has 1 heterocycles. The third-order valence-electron chi connectivity index (χ3n) is 4.25. The first-order chi connectivity index (χ1) is 13.0. The van der Waals surface area contributed by atoms with E-state index < -0.39 is 0 Å². The van der Waals surface area contributed by atoms with E-state index in [0.29, 0.717) is 35.0 Å². The SMILES string of the molecule is CC(C)c1ccc(C(=O)Nc2ccc(C(=O)NCc3ccco3)cc2)cc1. The van der Waals surface area contributed by atoms with Crippen molar-refractivity contribution < 1.29 is 14.0 Å². The van der Waals surface area contributed by atoms with Crippen LogP contribution in [-0.4, -0.2) is 11.8 Å².